The zero-order valence-corrected chi connectivity index (χ0v) is 22.0. The van der Waals surface area contributed by atoms with Crippen molar-refractivity contribution in [1.29, 1.82) is 0 Å². The molecule has 2 aromatic carbocycles. The van der Waals surface area contributed by atoms with Gasteiger partial charge in [0.05, 0.1) is 17.1 Å². The first-order valence-corrected chi connectivity index (χ1v) is 11.9. The molecule has 0 radical (unpaired) electrons. The van der Waals surface area contributed by atoms with Crippen LogP contribution in [0.3, 0.4) is 0 Å². The minimum absolute atomic E-state index is 0. The molecule has 1 saturated heterocycles. The number of benzene rings is 2. The molecule has 3 N–H and O–H groups in total. The zero-order chi connectivity index (χ0) is 22.2. The van der Waals surface area contributed by atoms with Gasteiger partial charge in [0.1, 0.15) is 5.82 Å². The van der Waals surface area contributed by atoms with Crippen molar-refractivity contribution in [3.63, 3.8) is 0 Å². The number of ether oxygens (including phenoxy) is 1. The van der Waals surface area contributed by atoms with E-state index in [-0.39, 0.29) is 30.1 Å². The van der Waals surface area contributed by atoms with Gasteiger partial charge >= 0.3 is 0 Å². The number of aliphatic imine (C=N–C) groups is 1. The maximum Gasteiger partial charge on any atom is 0.191 e. The van der Waals surface area contributed by atoms with Gasteiger partial charge in [-0.3, -0.25) is 4.99 Å². The molecule has 1 aliphatic rings. The van der Waals surface area contributed by atoms with Crippen LogP contribution >= 0.6 is 24.0 Å². The Bertz CT molecular complexity index is 984. The molecule has 6 nitrogen and oxygen atoms in total. The van der Waals surface area contributed by atoms with E-state index >= 15 is 0 Å². The van der Waals surface area contributed by atoms with Crippen LogP contribution < -0.4 is 10.6 Å². The maximum absolute atomic E-state index is 6.16. The number of H-pyrrole nitrogens is 1. The summed E-state index contributed by atoms with van der Waals surface area (Å²) in [6.45, 7) is 7.51. The van der Waals surface area contributed by atoms with Gasteiger partial charge in [-0.1, -0.05) is 42.0 Å². The van der Waals surface area contributed by atoms with Crippen LogP contribution in [-0.2, 0) is 11.2 Å². The van der Waals surface area contributed by atoms with E-state index in [9.17, 15) is 0 Å². The molecule has 178 valence electrons. The molecule has 0 aliphatic carbocycles. The number of guanidine groups is 1. The molecule has 33 heavy (non-hydrogen) atoms. The van der Waals surface area contributed by atoms with E-state index in [0.29, 0.717) is 5.92 Å². The Kier molecular flexibility index (Phi) is 9.99. The summed E-state index contributed by atoms with van der Waals surface area (Å²) >= 11 is 0. The highest BCUT2D eigenvalue weighted by Crippen LogP contribution is 2.33. The summed E-state index contributed by atoms with van der Waals surface area (Å²) in [5.74, 6) is 2.32. The monoisotopic (exact) mass is 561 g/mol. The van der Waals surface area contributed by atoms with Crippen molar-refractivity contribution < 1.29 is 4.74 Å². The van der Waals surface area contributed by atoms with Gasteiger partial charge in [-0.25, -0.2) is 4.98 Å². The Hall–Kier alpha value is -2.13. The number of aromatic nitrogens is 2. The SMILES string of the molecule is CCNC(=NCC1CCCOC1c1ccc(C)cc1)NCCCc1nc2ccccc2[nH]1.I. The van der Waals surface area contributed by atoms with Crippen molar-refractivity contribution >= 4 is 41.0 Å². The largest absolute Gasteiger partial charge is 0.373 e. The number of aryl methyl sites for hydroxylation is 2. The first kappa shape index (κ1) is 25.5. The number of aromatic amines is 1. The molecule has 0 saturated carbocycles. The van der Waals surface area contributed by atoms with Gasteiger partial charge in [0.25, 0.3) is 0 Å². The smallest absolute Gasteiger partial charge is 0.191 e. The minimum Gasteiger partial charge on any atom is -0.373 e. The average Bonchev–Trinajstić information content (AvgIpc) is 3.24. The number of rotatable bonds is 8. The first-order valence-electron chi connectivity index (χ1n) is 11.9. The average molecular weight is 562 g/mol. The number of nitrogens with zero attached hydrogens (tertiary/aromatic N) is 2. The Balaban J connectivity index is 0.00000306. The van der Waals surface area contributed by atoms with E-state index in [2.05, 4.69) is 64.8 Å². The second-order valence-corrected chi connectivity index (χ2v) is 8.55. The Morgan fingerprint density at radius 2 is 1.97 bits per heavy atom. The fourth-order valence-electron chi connectivity index (χ4n) is 4.29. The maximum atomic E-state index is 6.16. The summed E-state index contributed by atoms with van der Waals surface area (Å²) in [6.07, 6.45) is 4.27. The number of nitrogens with one attached hydrogen (secondary N) is 3. The third kappa shape index (κ3) is 7.17. The van der Waals surface area contributed by atoms with Crippen molar-refractivity contribution in [2.24, 2.45) is 10.9 Å². The lowest BCUT2D eigenvalue weighted by atomic mass is 9.89. The topological polar surface area (TPSA) is 74.3 Å². The molecule has 7 heteroatoms. The van der Waals surface area contributed by atoms with E-state index in [1.807, 2.05) is 18.2 Å². The summed E-state index contributed by atoms with van der Waals surface area (Å²) < 4.78 is 6.16. The number of para-hydroxylation sites is 2. The number of imidazole rings is 1. The highest BCUT2D eigenvalue weighted by atomic mass is 127. The quantitative estimate of drug-likeness (QED) is 0.154. The van der Waals surface area contributed by atoms with Crippen LogP contribution in [0.25, 0.3) is 11.0 Å². The molecule has 2 unspecified atom stereocenters. The van der Waals surface area contributed by atoms with Gasteiger partial charge in [0, 0.05) is 38.6 Å². The van der Waals surface area contributed by atoms with Crippen molar-refractivity contribution in [2.75, 3.05) is 26.2 Å². The summed E-state index contributed by atoms with van der Waals surface area (Å²) in [5, 5.41) is 6.86. The van der Waals surface area contributed by atoms with E-state index in [1.165, 1.54) is 11.1 Å². The fraction of sp³-hybridized carbons (Fsp3) is 0.462. The molecule has 4 rings (SSSR count). The van der Waals surface area contributed by atoms with Crippen LogP contribution in [0.15, 0.2) is 53.5 Å². The predicted octanol–water partition coefficient (Wildman–Crippen LogP) is 5.14. The van der Waals surface area contributed by atoms with Crippen molar-refractivity contribution in [3.05, 3.63) is 65.5 Å². The van der Waals surface area contributed by atoms with E-state index < -0.39 is 0 Å². The van der Waals surface area contributed by atoms with Crippen LogP contribution in [-0.4, -0.2) is 42.2 Å². The third-order valence-electron chi connectivity index (χ3n) is 6.00. The molecule has 1 aromatic heterocycles. The van der Waals surface area contributed by atoms with E-state index in [0.717, 1.165) is 74.7 Å². The molecule has 1 aliphatic heterocycles. The predicted molar refractivity (Wildman–Crippen MR) is 146 cm³/mol. The lowest BCUT2D eigenvalue weighted by Crippen LogP contribution is -2.38. The van der Waals surface area contributed by atoms with Crippen molar-refractivity contribution in [3.8, 4) is 0 Å². The van der Waals surface area contributed by atoms with Gasteiger partial charge < -0.3 is 20.4 Å². The number of hydrogen-bond acceptors (Lipinski definition) is 3. The third-order valence-corrected chi connectivity index (χ3v) is 6.00. The van der Waals surface area contributed by atoms with Gasteiger partial charge in [-0.05, 0) is 50.8 Å². The lowest BCUT2D eigenvalue weighted by Gasteiger charge is -2.31. The molecule has 2 atom stereocenters. The zero-order valence-electron chi connectivity index (χ0n) is 19.6. The molecule has 0 bridgehead atoms. The molecule has 0 spiro atoms. The molecule has 0 amide bonds. The van der Waals surface area contributed by atoms with Gasteiger partial charge in [-0.2, -0.15) is 0 Å². The van der Waals surface area contributed by atoms with Gasteiger partial charge in [0.15, 0.2) is 5.96 Å². The molecular formula is C26H36IN5O. The molecule has 1 fully saturated rings. The lowest BCUT2D eigenvalue weighted by molar-refractivity contribution is -0.0250. The molecule has 3 aromatic rings. The van der Waals surface area contributed by atoms with Gasteiger partial charge in [-0.15, -0.1) is 24.0 Å². The summed E-state index contributed by atoms with van der Waals surface area (Å²) in [7, 11) is 0. The number of halogens is 1. The summed E-state index contributed by atoms with van der Waals surface area (Å²) in [4.78, 5) is 13.0. The van der Waals surface area contributed by atoms with Crippen LogP contribution in [0.4, 0.5) is 0 Å². The first-order chi connectivity index (χ1) is 15.7. The Morgan fingerprint density at radius 3 is 2.76 bits per heavy atom. The van der Waals surface area contributed by atoms with E-state index in [1.54, 1.807) is 0 Å². The van der Waals surface area contributed by atoms with Crippen LogP contribution in [0.1, 0.15) is 49.2 Å². The highest BCUT2D eigenvalue weighted by Gasteiger charge is 2.27. The Morgan fingerprint density at radius 1 is 1.15 bits per heavy atom. The number of fused-ring (bicyclic) bond motifs is 1. The highest BCUT2D eigenvalue weighted by molar-refractivity contribution is 14.0. The van der Waals surface area contributed by atoms with Gasteiger partial charge in [0.2, 0.25) is 0 Å². The Labute approximate surface area is 214 Å². The standard InChI is InChI=1S/C26H35N5O.HI/c1-3-27-26(28-16-6-11-24-30-22-9-4-5-10-23(22)31-24)29-18-21-8-7-17-32-25(21)20-14-12-19(2)13-15-20;/h4-5,9-10,12-15,21,25H,3,6-8,11,16-18H2,1-2H3,(H,30,31)(H2,27,28,29);1H. The van der Waals surface area contributed by atoms with Crippen LogP contribution in [0.2, 0.25) is 0 Å². The van der Waals surface area contributed by atoms with Crippen LogP contribution in [0, 0.1) is 12.8 Å². The van der Waals surface area contributed by atoms with Crippen LogP contribution in [0.5, 0.6) is 0 Å². The van der Waals surface area contributed by atoms with Crippen molar-refractivity contribution in [2.45, 2.75) is 45.6 Å². The summed E-state index contributed by atoms with van der Waals surface area (Å²) in [5.41, 5.74) is 4.67. The second-order valence-electron chi connectivity index (χ2n) is 8.55. The second kappa shape index (κ2) is 12.9. The summed E-state index contributed by atoms with van der Waals surface area (Å²) in [6, 6.07) is 16.9. The van der Waals surface area contributed by atoms with Crippen molar-refractivity contribution in [1.82, 2.24) is 20.6 Å². The fourth-order valence-corrected chi connectivity index (χ4v) is 4.29. The van der Waals surface area contributed by atoms with E-state index in [4.69, 9.17) is 9.73 Å². The molecular weight excluding hydrogens is 525 g/mol. The number of hydrogen-bond donors (Lipinski definition) is 3. The normalized spacial score (nSPS) is 18.7. The molecule has 2 heterocycles. The minimum atomic E-state index is 0.